The minimum Gasteiger partial charge on any atom is -0.726 e. The fraction of sp³-hybridized carbons (Fsp3) is 1.00. The highest BCUT2D eigenvalue weighted by atomic mass is 32.3. The van der Waals surface area contributed by atoms with Gasteiger partial charge in [-0.2, -0.15) is 0 Å². The van der Waals surface area contributed by atoms with Crippen molar-refractivity contribution in [2.45, 2.75) is 290 Å². The molecule has 0 fully saturated rings. The van der Waals surface area contributed by atoms with Crippen LogP contribution >= 0.6 is 0 Å². The summed E-state index contributed by atoms with van der Waals surface area (Å²) in [5, 5.41) is 0. The van der Waals surface area contributed by atoms with E-state index < -0.39 is 10.4 Å². The summed E-state index contributed by atoms with van der Waals surface area (Å²) >= 11 is 0. The molecule has 0 aliphatic heterocycles. The normalized spacial score (nSPS) is 12.0. The number of nitrogens with zero attached hydrogens (tertiary/aromatic N) is 1. The Balaban J connectivity index is 0. The van der Waals surface area contributed by atoms with Gasteiger partial charge >= 0.3 is 0 Å². The first-order chi connectivity index (χ1) is 27.2. The molecule has 0 heterocycles. The van der Waals surface area contributed by atoms with E-state index in [1.54, 1.807) is 0 Å². The van der Waals surface area contributed by atoms with Crippen molar-refractivity contribution in [3.05, 3.63) is 0 Å². The highest BCUT2D eigenvalue weighted by Gasteiger charge is 2.20. The molecule has 0 aliphatic carbocycles. The van der Waals surface area contributed by atoms with Crippen LogP contribution in [-0.2, 0) is 14.6 Å². The molecule has 56 heavy (non-hydrogen) atoms. The zero-order valence-electron chi connectivity index (χ0n) is 39.3. The number of unbranched alkanes of at least 4 members (excludes halogenated alkanes) is 39. The van der Waals surface area contributed by atoms with Crippen LogP contribution in [0.1, 0.15) is 290 Å². The van der Waals surface area contributed by atoms with Crippen molar-refractivity contribution >= 4 is 10.4 Å². The van der Waals surface area contributed by atoms with Crippen molar-refractivity contribution in [2.75, 3.05) is 33.8 Å². The third kappa shape index (κ3) is 51.8. The van der Waals surface area contributed by atoms with Crippen molar-refractivity contribution < 1.29 is 21.6 Å². The van der Waals surface area contributed by atoms with Crippen molar-refractivity contribution in [3.63, 3.8) is 0 Å². The molecule has 0 unspecified atom stereocenters. The Morgan fingerprint density at radius 1 is 0.321 bits per heavy atom. The molecule has 0 saturated heterocycles. The zero-order chi connectivity index (χ0) is 41.5. The fourth-order valence-corrected chi connectivity index (χ4v) is 8.40. The van der Waals surface area contributed by atoms with Crippen LogP contribution in [0.15, 0.2) is 0 Å². The lowest BCUT2D eigenvalue weighted by Crippen LogP contribution is -2.46. The molecular weight excluding hydrogens is 711 g/mol. The molecule has 6 heteroatoms. The Morgan fingerprint density at radius 3 is 0.571 bits per heavy atom. The molecule has 0 aliphatic rings. The van der Waals surface area contributed by atoms with E-state index in [-0.39, 0.29) is 0 Å². The van der Waals surface area contributed by atoms with E-state index in [2.05, 4.69) is 32.0 Å². The van der Waals surface area contributed by atoms with Gasteiger partial charge in [0.05, 0.1) is 33.8 Å². The molecule has 5 nitrogen and oxygen atoms in total. The maximum absolute atomic E-state index is 9.22. The molecular formula is C50H105NO4S. The lowest BCUT2D eigenvalue weighted by Gasteiger charge is -2.35. The lowest BCUT2D eigenvalue weighted by molar-refractivity contribution is -0.910. The van der Waals surface area contributed by atoms with E-state index in [0.717, 1.165) is 7.11 Å². The van der Waals surface area contributed by atoms with Gasteiger partial charge in [0, 0.05) is 0 Å². The highest BCUT2D eigenvalue weighted by Crippen LogP contribution is 2.19. The summed E-state index contributed by atoms with van der Waals surface area (Å²) in [5.41, 5.74) is 0. The summed E-state index contributed by atoms with van der Waals surface area (Å²) in [6, 6.07) is 0. The Bertz CT molecular complexity index is 741. The predicted octanol–water partition coefficient (Wildman–Crippen LogP) is 17.0. The first kappa shape index (κ1) is 57.9. The van der Waals surface area contributed by atoms with Gasteiger partial charge in [0.1, 0.15) is 0 Å². The summed E-state index contributed by atoms with van der Waals surface area (Å²) in [6.07, 6.45) is 61.7. The molecule has 0 aromatic rings. The highest BCUT2D eigenvalue weighted by molar-refractivity contribution is 7.80. The van der Waals surface area contributed by atoms with Crippen LogP contribution in [0.5, 0.6) is 0 Å². The van der Waals surface area contributed by atoms with E-state index >= 15 is 0 Å². The largest absolute Gasteiger partial charge is 0.726 e. The van der Waals surface area contributed by atoms with Crippen LogP contribution in [0, 0.1) is 0 Å². The van der Waals surface area contributed by atoms with Crippen molar-refractivity contribution in [3.8, 4) is 0 Å². The second kappa shape index (κ2) is 47.5. The van der Waals surface area contributed by atoms with Gasteiger partial charge in [-0.1, -0.05) is 252 Å². The zero-order valence-corrected chi connectivity index (χ0v) is 40.1. The summed E-state index contributed by atoms with van der Waals surface area (Å²) in [5.74, 6) is 0. The Labute approximate surface area is 355 Å². The van der Waals surface area contributed by atoms with Gasteiger partial charge in [-0.15, -0.1) is 0 Å². The van der Waals surface area contributed by atoms with Crippen LogP contribution in [0.3, 0.4) is 0 Å². The van der Waals surface area contributed by atoms with Gasteiger partial charge in [0.2, 0.25) is 10.4 Å². The van der Waals surface area contributed by atoms with E-state index in [1.807, 2.05) is 0 Å². The third-order valence-electron chi connectivity index (χ3n) is 12.4. The Morgan fingerprint density at radius 2 is 0.446 bits per heavy atom. The minimum absolute atomic E-state index is 0.808. The molecule has 0 radical (unpaired) electrons. The quantitative estimate of drug-likeness (QED) is 0.0266. The lowest BCUT2D eigenvalue weighted by atomic mass is 10.0. The SMILES string of the molecule is CCCCCCCCCCCCCCCC[N+](C)(CCCCCCCCCCCCCCCC)CCCCCCCCCCCCCCCC.COS(=O)(=O)[O-]. The van der Waals surface area contributed by atoms with Crippen LogP contribution in [0.4, 0.5) is 0 Å². The third-order valence-corrected chi connectivity index (χ3v) is 12.8. The molecule has 0 saturated carbocycles. The molecule has 0 N–H and O–H groups in total. The van der Waals surface area contributed by atoms with Gasteiger partial charge in [0.15, 0.2) is 0 Å². The first-order valence-electron chi connectivity index (χ1n) is 25.6. The van der Waals surface area contributed by atoms with Gasteiger partial charge in [0.25, 0.3) is 0 Å². The van der Waals surface area contributed by atoms with Crippen molar-refractivity contribution in [2.24, 2.45) is 0 Å². The van der Waals surface area contributed by atoms with Crippen LogP contribution in [0.25, 0.3) is 0 Å². The standard InChI is InChI=1S/C49H102N.CH4O4S/c1-5-8-11-14-17-20-23-26-29-32-35-38-41-44-47-50(4,48-45-42-39-36-33-30-27-24-21-18-15-12-9-6-2)49-46-43-40-37-34-31-28-25-22-19-16-13-10-7-3;1-5-6(2,3)4/h5-49H2,1-4H3;1H3,(H,2,3,4)/q+1;/p-1. The number of hydrogen-bond donors (Lipinski definition) is 0. The Hall–Kier alpha value is -0.170. The molecule has 0 rings (SSSR count). The maximum Gasteiger partial charge on any atom is 0.217 e. The number of hydrogen-bond acceptors (Lipinski definition) is 4. The smallest absolute Gasteiger partial charge is 0.217 e. The average molecular weight is 816 g/mol. The number of rotatable bonds is 46. The fourth-order valence-electron chi connectivity index (χ4n) is 8.40. The molecule has 0 aromatic carbocycles. The summed E-state index contributed by atoms with van der Waals surface area (Å²) in [4.78, 5) is 0. The van der Waals surface area contributed by atoms with Crippen molar-refractivity contribution in [1.82, 2.24) is 0 Å². The Kier molecular flexibility index (Phi) is 49.1. The maximum atomic E-state index is 9.22. The summed E-state index contributed by atoms with van der Waals surface area (Å²) in [7, 11) is -0.972. The van der Waals surface area contributed by atoms with Gasteiger partial charge in [-0.25, -0.2) is 8.42 Å². The van der Waals surface area contributed by atoms with Gasteiger partial charge in [-0.3, -0.25) is 4.18 Å². The molecule has 0 spiro atoms. The average Bonchev–Trinajstić information content (AvgIpc) is 3.18. The number of quaternary nitrogens is 1. The first-order valence-corrected chi connectivity index (χ1v) is 26.9. The van der Waals surface area contributed by atoms with Crippen molar-refractivity contribution in [1.29, 1.82) is 0 Å². The monoisotopic (exact) mass is 816 g/mol. The molecule has 0 aromatic heterocycles. The predicted molar refractivity (Wildman–Crippen MR) is 248 cm³/mol. The second-order valence-electron chi connectivity index (χ2n) is 18.2. The molecule has 0 bridgehead atoms. The summed E-state index contributed by atoms with van der Waals surface area (Å²) < 4.78 is 32.4. The van der Waals surface area contributed by atoms with Crippen LogP contribution in [-0.4, -0.2) is 51.2 Å². The van der Waals surface area contributed by atoms with Gasteiger partial charge < -0.3 is 9.04 Å². The van der Waals surface area contributed by atoms with Crippen LogP contribution in [0.2, 0.25) is 0 Å². The molecule has 340 valence electrons. The molecule has 0 amide bonds. The van der Waals surface area contributed by atoms with E-state index in [0.29, 0.717) is 0 Å². The van der Waals surface area contributed by atoms with E-state index in [4.69, 9.17) is 0 Å². The molecule has 0 atom stereocenters. The van der Waals surface area contributed by atoms with E-state index in [1.165, 1.54) is 294 Å². The van der Waals surface area contributed by atoms with Gasteiger partial charge in [-0.05, 0) is 38.5 Å². The summed E-state index contributed by atoms with van der Waals surface area (Å²) in [6.45, 7) is 11.3. The topological polar surface area (TPSA) is 66.4 Å². The second-order valence-corrected chi connectivity index (χ2v) is 19.3. The van der Waals surface area contributed by atoms with E-state index in [9.17, 15) is 13.0 Å². The minimum atomic E-state index is -4.41. The van der Waals surface area contributed by atoms with Crippen LogP contribution < -0.4 is 0 Å².